The summed E-state index contributed by atoms with van der Waals surface area (Å²) in [6.45, 7) is 5.68. The van der Waals surface area contributed by atoms with E-state index in [0.29, 0.717) is 50.6 Å². The van der Waals surface area contributed by atoms with Crippen molar-refractivity contribution in [2.75, 3.05) is 6.54 Å². The van der Waals surface area contributed by atoms with Crippen molar-refractivity contribution in [2.45, 2.75) is 64.8 Å². The van der Waals surface area contributed by atoms with Crippen LogP contribution in [0.3, 0.4) is 0 Å². The van der Waals surface area contributed by atoms with E-state index >= 15 is 0 Å². The van der Waals surface area contributed by atoms with Crippen molar-refractivity contribution in [3.05, 3.63) is 35.6 Å². The fourth-order valence-corrected chi connectivity index (χ4v) is 3.91. The van der Waals surface area contributed by atoms with Gasteiger partial charge in [0.05, 0.1) is 5.54 Å². The minimum Gasteiger partial charge on any atom is -0.740 e. The third-order valence-corrected chi connectivity index (χ3v) is 6.18. The SMILES string of the molecule is CCC(C)(C)C(=O)C(=O)N1CCCC1(CCCc1ccccc1F)C(=O)[S-]. The van der Waals surface area contributed by atoms with Crippen molar-refractivity contribution in [2.24, 2.45) is 5.41 Å². The second kappa shape index (κ2) is 8.46. The topological polar surface area (TPSA) is 54.5 Å². The lowest BCUT2D eigenvalue weighted by Crippen LogP contribution is -2.56. The van der Waals surface area contributed by atoms with Crippen molar-refractivity contribution < 1.29 is 18.8 Å². The van der Waals surface area contributed by atoms with Gasteiger partial charge in [-0.25, -0.2) is 4.39 Å². The summed E-state index contributed by atoms with van der Waals surface area (Å²) in [5.41, 5.74) is -1.33. The number of hydrogen-bond acceptors (Lipinski definition) is 4. The molecule has 27 heavy (non-hydrogen) atoms. The van der Waals surface area contributed by atoms with E-state index < -0.39 is 27.8 Å². The van der Waals surface area contributed by atoms with Crippen LogP contribution in [-0.2, 0) is 33.4 Å². The van der Waals surface area contributed by atoms with Gasteiger partial charge in [-0.15, -0.1) is 0 Å². The average molecular weight is 393 g/mol. The van der Waals surface area contributed by atoms with Gasteiger partial charge in [-0.05, 0) is 50.2 Å². The summed E-state index contributed by atoms with van der Waals surface area (Å²) in [6, 6.07) is 6.51. The van der Waals surface area contributed by atoms with E-state index in [4.69, 9.17) is 12.6 Å². The molecule has 1 aliphatic rings. The summed E-state index contributed by atoms with van der Waals surface area (Å²) in [5, 5.41) is -0.510. The highest BCUT2D eigenvalue weighted by atomic mass is 32.1. The van der Waals surface area contributed by atoms with E-state index in [9.17, 15) is 18.8 Å². The molecule has 1 aliphatic heterocycles. The van der Waals surface area contributed by atoms with Gasteiger partial charge in [-0.3, -0.25) is 9.59 Å². The summed E-state index contributed by atoms with van der Waals surface area (Å²) in [5.74, 6) is -1.39. The molecule has 0 bridgehead atoms. The third kappa shape index (κ3) is 4.37. The van der Waals surface area contributed by atoms with Crippen LogP contribution in [-0.4, -0.2) is 33.8 Å². The molecule has 1 unspecified atom stereocenters. The summed E-state index contributed by atoms with van der Waals surface area (Å²) >= 11 is 4.99. The molecule has 1 aromatic rings. The fraction of sp³-hybridized carbons (Fsp3) is 0.571. The van der Waals surface area contributed by atoms with Gasteiger partial charge in [0.25, 0.3) is 5.91 Å². The van der Waals surface area contributed by atoms with Gasteiger partial charge >= 0.3 is 0 Å². The van der Waals surface area contributed by atoms with Crippen molar-refractivity contribution in [3.8, 4) is 0 Å². The largest absolute Gasteiger partial charge is 0.740 e. The van der Waals surface area contributed by atoms with E-state index in [0.717, 1.165) is 0 Å². The molecule has 2 rings (SSSR count). The molecule has 1 atom stereocenters. The number of aryl methyl sites for hydroxylation is 1. The summed E-state index contributed by atoms with van der Waals surface area (Å²) in [4.78, 5) is 39.3. The van der Waals surface area contributed by atoms with E-state index in [1.54, 1.807) is 32.0 Å². The first kappa shape index (κ1) is 21.5. The minimum absolute atomic E-state index is 0.282. The number of rotatable bonds is 8. The number of carbonyl (C=O) groups excluding carboxylic acids is 3. The molecule has 148 valence electrons. The van der Waals surface area contributed by atoms with E-state index in [1.807, 2.05) is 6.92 Å². The molecule has 1 saturated heterocycles. The van der Waals surface area contributed by atoms with Gasteiger partial charge in [0, 0.05) is 17.1 Å². The molecule has 0 aromatic heterocycles. The Morgan fingerprint density at radius 1 is 1.26 bits per heavy atom. The number of Topliss-reactive ketones (excluding diaryl/α,β-unsaturated/α-hetero) is 1. The van der Waals surface area contributed by atoms with Crippen LogP contribution in [0.4, 0.5) is 4.39 Å². The quantitative estimate of drug-likeness (QED) is 0.501. The first-order chi connectivity index (χ1) is 12.7. The van der Waals surface area contributed by atoms with Crippen molar-refractivity contribution in [3.63, 3.8) is 0 Å². The predicted molar refractivity (Wildman–Crippen MR) is 104 cm³/mol. The zero-order valence-electron chi connectivity index (χ0n) is 16.2. The number of carbonyl (C=O) groups is 3. The van der Waals surface area contributed by atoms with Crippen LogP contribution < -0.4 is 0 Å². The maximum absolute atomic E-state index is 13.8. The molecule has 1 amide bonds. The Balaban J connectivity index is 2.18. The number of likely N-dealkylation sites (tertiary alicyclic amines) is 1. The lowest BCUT2D eigenvalue weighted by atomic mass is 9.83. The number of ketones is 1. The van der Waals surface area contributed by atoms with Gasteiger partial charge in [-0.1, -0.05) is 39.0 Å². The Morgan fingerprint density at radius 3 is 2.52 bits per heavy atom. The number of nitrogens with zero attached hydrogens (tertiary/aromatic N) is 1. The summed E-state index contributed by atoms with van der Waals surface area (Å²) in [6.07, 6.45) is 2.93. The second-order valence-corrected chi connectivity index (χ2v) is 8.26. The van der Waals surface area contributed by atoms with Crippen LogP contribution in [0.15, 0.2) is 24.3 Å². The molecule has 0 spiro atoms. The first-order valence-electron chi connectivity index (χ1n) is 9.47. The van der Waals surface area contributed by atoms with Crippen LogP contribution in [0, 0.1) is 11.2 Å². The van der Waals surface area contributed by atoms with Crippen LogP contribution in [0.2, 0.25) is 0 Å². The van der Waals surface area contributed by atoms with Gasteiger partial charge in [0.2, 0.25) is 5.78 Å². The molecule has 0 saturated carbocycles. The highest BCUT2D eigenvalue weighted by Crippen LogP contribution is 2.36. The highest BCUT2D eigenvalue weighted by molar-refractivity contribution is 7.77. The highest BCUT2D eigenvalue weighted by Gasteiger charge is 2.47. The maximum Gasteiger partial charge on any atom is 0.291 e. The van der Waals surface area contributed by atoms with Crippen LogP contribution in [0.1, 0.15) is 58.4 Å². The second-order valence-electron chi connectivity index (χ2n) is 7.89. The van der Waals surface area contributed by atoms with E-state index in [2.05, 4.69) is 0 Å². The Labute approximate surface area is 165 Å². The van der Waals surface area contributed by atoms with Crippen molar-refractivity contribution in [1.82, 2.24) is 4.90 Å². The molecule has 6 heteroatoms. The molecule has 4 nitrogen and oxygen atoms in total. The zero-order valence-corrected chi connectivity index (χ0v) is 17.0. The minimum atomic E-state index is -1.13. The zero-order chi connectivity index (χ0) is 20.2. The number of hydrogen-bond donors (Lipinski definition) is 0. The molecule has 1 heterocycles. The summed E-state index contributed by atoms with van der Waals surface area (Å²) < 4.78 is 13.8. The van der Waals surface area contributed by atoms with Gasteiger partial charge in [-0.2, -0.15) is 0 Å². The van der Waals surface area contributed by atoms with Gasteiger partial charge in [0.15, 0.2) is 0 Å². The molecule has 0 N–H and O–H groups in total. The van der Waals surface area contributed by atoms with Crippen LogP contribution in [0.25, 0.3) is 0 Å². The smallest absolute Gasteiger partial charge is 0.291 e. The van der Waals surface area contributed by atoms with Crippen molar-refractivity contribution in [1.29, 1.82) is 0 Å². The lowest BCUT2D eigenvalue weighted by molar-refractivity contribution is -0.153. The van der Waals surface area contributed by atoms with E-state index in [1.165, 1.54) is 11.0 Å². The Morgan fingerprint density at radius 2 is 1.93 bits per heavy atom. The maximum atomic E-state index is 13.8. The lowest BCUT2D eigenvalue weighted by Gasteiger charge is -2.41. The van der Waals surface area contributed by atoms with Crippen LogP contribution in [0.5, 0.6) is 0 Å². The standard InChI is InChI=1S/C21H28FNO3S/c1-4-20(2,3)17(24)18(25)23-14-8-13-21(23,19(26)27)12-7-10-15-9-5-6-11-16(15)22/h5-6,9,11H,4,7-8,10,12-14H2,1-3H3,(H,26,27)/p-1. The number of benzene rings is 1. The Bertz CT molecular complexity index is 734. The van der Waals surface area contributed by atoms with Gasteiger partial charge < -0.3 is 22.3 Å². The van der Waals surface area contributed by atoms with Gasteiger partial charge in [0.1, 0.15) is 5.82 Å². The van der Waals surface area contributed by atoms with Crippen molar-refractivity contribution >= 4 is 29.4 Å². The Kier molecular flexibility index (Phi) is 6.73. The molecule has 1 fully saturated rings. The fourth-order valence-electron chi connectivity index (χ4n) is 3.59. The molecule has 0 aliphatic carbocycles. The Hall–Kier alpha value is -1.82. The molecule has 1 aromatic carbocycles. The predicted octanol–water partition coefficient (Wildman–Crippen LogP) is 3.59. The third-order valence-electron chi connectivity index (χ3n) is 5.80. The first-order valence-corrected chi connectivity index (χ1v) is 9.88. The number of amides is 1. The molecule has 0 radical (unpaired) electrons. The normalized spacial score (nSPS) is 19.9. The monoisotopic (exact) mass is 392 g/mol. The molecular weight excluding hydrogens is 365 g/mol. The van der Waals surface area contributed by atoms with E-state index in [-0.39, 0.29) is 5.82 Å². The summed E-state index contributed by atoms with van der Waals surface area (Å²) in [7, 11) is 0. The average Bonchev–Trinajstić information content (AvgIpc) is 3.07. The number of halogens is 1. The van der Waals surface area contributed by atoms with Crippen LogP contribution >= 0.6 is 0 Å². The molecular formula is C21H27FNO3S-.